The summed E-state index contributed by atoms with van der Waals surface area (Å²) in [7, 11) is -3.68. The number of hydrogen-bond acceptors (Lipinski definition) is 9. The van der Waals surface area contributed by atoms with Crippen LogP contribution in [0.15, 0.2) is 53.7 Å². The highest BCUT2D eigenvalue weighted by molar-refractivity contribution is 7.89. The van der Waals surface area contributed by atoms with Crippen molar-refractivity contribution in [1.82, 2.24) is 19.7 Å². The van der Waals surface area contributed by atoms with Crippen LogP contribution in [0.3, 0.4) is 0 Å². The summed E-state index contributed by atoms with van der Waals surface area (Å²) in [5.74, 6) is -0.0306. The van der Waals surface area contributed by atoms with Gasteiger partial charge in [-0.3, -0.25) is 0 Å². The van der Waals surface area contributed by atoms with Crippen LogP contribution in [0.5, 0.6) is 0 Å². The van der Waals surface area contributed by atoms with Gasteiger partial charge in [0.2, 0.25) is 10.0 Å². The minimum absolute atomic E-state index is 0.0102. The number of sulfonamides is 1. The zero-order valence-electron chi connectivity index (χ0n) is 16.2. The van der Waals surface area contributed by atoms with Crippen LogP contribution in [0.4, 0.5) is 26.7 Å². The second-order valence-corrected chi connectivity index (χ2v) is 9.59. The van der Waals surface area contributed by atoms with Gasteiger partial charge in [-0.1, -0.05) is 22.9 Å². The maximum Gasteiger partial charge on any atom is 0.240 e. The molecule has 0 bridgehead atoms. The monoisotopic (exact) mass is 494 g/mol. The first kappa shape index (κ1) is 22.3. The van der Waals surface area contributed by atoms with Crippen molar-refractivity contribution in [2.75, 3.05) is 23.8 Å². The minimum Gasteiger partial charge on any atom is -0.395 e. The molecule has 0 aliphatic rings. The van der Waals surface area contributed by atoms with E-state index >= 15 is 0 Å². The van der Waals surface area contributed by atoms with E-state index in [9.17, 15) is 12.8 Å². The molecule has 0 aliphatic carbocycles. The lowest BCUT2D eigenvalue weighted by Crippen LogP contribution is -2.26. The van der Waals surface area contributed by atoms with Crippen LogP contribution in [-0.2, 0) is 10.0 Å². The minimum atomic E-state index is -3.68. The molecule has 0 saturated carbocycles. The average molecular weight is 495 g/mol. The van der Waals surface area contributed by atoms with Crippen molar-refractivity contribution < 1.29 is 17.9 Å². The van der Waals surface area contributed by atoms with E-state index in [1.165, 1.54) is 41.9 Å². The number of benzene rings is 2. The van der Waals surface area contributed by atoms with Gasteiger partial charge in [0, 0.05) is 17.9 Å². The smallest absolute Gasteiger partial charge is 0.240 e. The summed E-state index contributed by atoms with van der Waals surface area (Å²) in [5.41, 5.74) is 1.64. The Kier molecular flexibility index (Phi) is 6.48. The van der Waals surface area contributed by atoms with Crippen molar-refractivity contribution in [2.24, 2.45) is 0 Å². The molecule has 0 aliphatic heterocycles. The Morgan fingerprint density at radius 3 is 2.53 bits per heavy atom. The zero-order chi connectivity index (χ0) is 22.7. The van der Waals surface area contributed by atoms with Crippen molar-refractivity contribution in [3.63, 3.8) is 0 Å². The van der Waals surface area contributed by atoms with Gasteiger partial charge >= 0.3 is 0 Å². The summed E-state index contributed by atoms with van der Waals surface area (Å²) < 4.78 is 40.6. The van der Waals surface area contributed by atoms with E-state index in [1.807, 2.05) is 0 Å². The summed E-state index contributed by atoms with van der Waals surface area (Å²) in [6, 6.07) is 10.3. The SMILES string of the molecule is O=S(=O)(NCCO)c1ccc(Nc2nc3ncnc(Nc4ccc(F)c(Cl)c4)c3s2)cc1. The molecule has 0 fully saturated rings. The number of anilines is 4. The summed E-state index contributed by atoms with van der Waals surface area (Å²) in [6.07, 6.45) is 1.36. The summed E-state index contributed by atoms with van der Waals surface area (Å²) in [4.78, 5) is 12.9. The van der Waals surface area contributed by atoms with Gasteiger partial charge in [-0.25, -0.2) is 27.5 Å². The average Bonchev–Trinajstić information content (AvgIpc) is 3.19. The van der Waals surface area contributed by atoms with Crippen molar-refractivity contribution in [2.45, 2.75) is 4.90 Å². The van der Waals surface area contributed by atoms with Crippen LogP contribution in [0.1, 0.15) is 0 Å². The number of hydrogen-bond donors (Lipinski definition) is 4. The number of aliphatic hydroxyl groups is 1. The number of rotatable bonds is 8. The number of halogens is 2. The molecule has 4 aromatic rings. The van der Waals surface area contributed by atoms with Gasteiger partial charge in [0.25, 0.3) is 0 Å². The predicted molar refractivity (Wildman–Crippen MR) is 122 cm³/mol. The Hall–Kier alpha value is -2.90. The molecule has 4 N–H and O–H groups in total. The predicted octanol–water partition coefficient (Wildman–Crippen LogP) is 3.64. The molecule has 13 heteroatoms. The van der Waals surface area contributed by atoms with E-state index in [4.69, 9.17) is 16.7 Å². The van der Waals surface area contributed by atoms with E-state index in [0.29, 0.717) is 32.7 Å². The van der Waals surface area contributed by atoms with Crippen molar-refractivity contribution in [3.05, 3.63) is 59.6 Å². The molecule has 9 nitrogen and oxygen atoms in total. The third kappa shape index (κ3) is 4.95. The lowest BCUT2D eigenvalue weighted by atomic mass is 10.3. The fourth-order valence-corrected chi connectivity index (χ4v) is 4.80. The molecular formula is C19H16ClFN6O3S2. The highest BCUT2D eigenvalue weighted by Crippen LogP contribution is 2.33. The molecule has 32 heavy (non-hydrogen) atoms. The maximum atomic E-state index is 13.4. The van der Waals surface area contributed by atoms with Gasteiger partial charge in [-0.15, -0.1) is 0 Å². The normalized spacial score (nSPS) is 11.6. The molecule has 2 aromatic heterocycles. The molecule has 0 radical (unpaired) electrons. The molecule has 0 saturated heterocycles. The lowest BCUT2D eigenvalue weighted by molar-refractivity contribution is 0.301. The molecule has 0 unspecified atom stereocenters. The maximum absolute atomic E-state index is 13.4. The second-order valence-electron chi connectivity index (χ2n) is 6.42. The fourth-order valence-electron chi connectivity index (χ4n) is 2.71. The quantitative estimate of drug-likeness (QED) is 0.292. The fraction of sp³-hybridized carbons (Fsp3) is 0.105. The second kappa shape index (κ2) is 9.30. The Morgan fingerprint density at radius 1 is 1.06 bits per heavy atom. The summed E-state index contributed by atoms with van der Waals surface area (Å²) in [6.45, 7) is -0.347. The molecular weight excluding hydrogens is 479 g/mol. The van der Waals surface area contributed by atoms with E-state index < -0.39 is 15.8 Å². The number of nitrogens with zero attached hydrogens (tertiary/aromatic N) is 3. The first-order chi connectivity index (χ1) is 15.4. The van der Waals surface area contributed by atoms with E-state index in [0.717, 1.165) is 0 Å². The molecule has 2 aromatic carbocycles. The molecule has 166 valence electrons. The molecule has 4 rings (SSSR count). The molecule has 0 spiro atoms. The lowest BCUT2D eigenvalue weighted by Gasteiger charge is -2.07. The van der Waals surface area contributed by atoms with Crippen LogP contribution in [-0.4, -0.2) is 41.6 Å². The number of aliphatic hydroxyl groups excluding tert-OH is 1. The first-order valence-electron chi connectivity index (χ1n) is 9.17. The molecule has 0 atom stereocenters. The Bertz CT molecular complexity index is 1370. The zero-order valence-corrected chi connectivity index (χ0v) is 18.6. The highest BCUT2D eigenvalue weighted by atomic mass is 35.5. The van der Waals surface area contributed by atoms with Gasteiger partial charge < -0.3 is 15.7 Å². The van der Waals surface area contributed by atoms with Crippen molar-refractivity contribution in [1.29, 1.82) is 0 Å². The van der Waals surface area contributed by atoms with Crippen molar-refractivity contribution in [3.8, 4) is 0 Å². The van der Waals surface area contributed by atoms with Crippen LogP contribution in [0, 0.1) is 5.82 Å². The third-order valence-corrected chi connectivity index (χ3v) is 6.93. The molecule has 2 heterocycles. The highest BCUT2D eigenvalue weighted by Gasteiger charge is 2.14. The number of aromatic nitrogens is 3. The van der Waals surface area contributed by atoms with E-state index in [-0.39, 0.29) is 23.1 Å². The van der Waals surface area contributed by atoms with Crippen LogP contribution in [0.25, 0.3) is 10.3 Å². The van der Waals surface area contributed by atoms with Gasteiger partial charge in [-0.2, -0.15) is 4.98 Å². The number of thiazole rings is 1. The van der Waals surface area contributed by atoms with Gasteiger partial charge in [-0.05, 0) is 42.5 Å². The number of fused-ring (bicyclic) bond motifs is 1. The Balaban J connectivity index is 1.54. The van der Waals surface area contributed by atoms with E-state index in [2.05, 4.69) is 30.3 Å². The topological polar surface area (TPSA) is 129 Å². The summed E-state index contributed by atoms with van der Waals surface area (Å²) >= 11 is 7.13. The standard InChI is InChI=1S/C19H16ClFN6O3S2/c20-14-9-12(3-6-15(14)21)25-17-16-18(23-10-22-17)27-19(31-16)26-11-1-4-13(5-2-11)32(29,30)24-7-8-28/h1-6,9-10,24,28H,7-8H2,(H2,22,23,25,26,27). The summed E-state index contributed by atoms with van der Waals surface area (Å²) in [5, 5.41) is 15.5. The number of nitrogens with one attached hydrogen (secondary N) is 3. The Labute approximate surface area is 191 Å². The van der Waals surface area contributed by atoms with Crippen LogP contribution < -0.4 is 15.4 Å². The largest absolute Gasteiger partial charge is 0.395 e. The van der Waals surface area contributed by atoms with Crippen molar-refractivity contribution >= 4 is 65.6 Å². The van der Waals surface area contributed by atoms with E-state index in [1.54, 1.807) is 18.2 Å². The van der Waals surface area contributed by atoms with Gasteiger partial charge in [0.1, 0.15) is 16.8 Å². The Morgan fingerprint density at radius 2 is 1.81 bits per heavy atom. The van der Waals surface area contributed by atoms with Crippen LogP contribution >= 0.6 is 22.9 Å². The van der Waals surface area contributed by atoms with Crippen LogP contribution in [0.2, 0.25) is 5.02 Å². The molecule has 0 amide bonds. The van der Waals surface area contributed by atoms with Gasteiger partial charge in [0.05, 0.1) is 16.5 Å². The van der Waals surface area contributed by atoms with Gasteiger partial charge in [0.15, 0.2) is 16.6 Å². The third-order valence-electron chi connectivity index (χ3n) is 4.19. The first-order valence-corrected chi connectivity index (χ1v) is 11.8.